The molecule has 0 saturated heterocycles. The van der Waals surface area contributed by atoms with Crippen LogP contribution in [0, 0.1) is 5.92 Å². The van der Waals surface area contributed by atoms with Crippen LogP contribution in [0.5, 0.6) is 0 Å². The highest BCUT2D eigenvalue weighted by molar-refractivity contribution is 5.82. The van der Waals surface area contributed by atoms with Crippen LogP contribution < -0.4 is 11.1 Å². The standard InChI is InChI=1S/C13H21N3O2/c1-10(12(14)16-18)8-15-13(2,9-17)11-6-4-3-5-7-11/h3-7,10,15,17-18H,8-9H2,1-2H3,(H2,14,16). The molecule has 0 spiro atoms. The number of nitrogens with two attached hydrogens (primary N) is 1. The van der Waals surface area contributed by atoms with Gasteiger partial charge >= 0.3 is 0 Å². The number of amidine groups is 1. The van der Waals surface area contributed by atoms with Crippen molar-refractivity contribution in [2.45, 2.75) is 19.4 Å². The molecule has 0 bridgehead atoms. The maximum Gasteiger partial charge on any atom is 0.143 e. The van der Waals surface area contributed by atoms with E-state index in [2.05, 4.69) is 10.5 Å². The largest absolute Gasteiger partial charge is 0.409 e. The van der Waals surface area contributed by atoms with E-state index < -0.39 is 5.54 Å². The monoisotopic (exact) mass is 251 g/mol. The Balaban J connectivity index is 2.73. The summed E-state index contributed by atoms with van der Waals surface area (Å²) in [6, 6.07) is 9.70. The smallest absolute Gasteiger partial charge is 0.143 e. The number of hydrogen-bond donors (Lipinski definition) is 4. The fourth-order valence-corrected chi connectivity index (χ4v) is 1.64. The maximum atomic E-state index is 9.57. The molecule has 100 valence electrons. The minimum absolute atomic E-state index is 0.0279. The van der Waals surface area contributed by atoms with Crippen molar-refractivity contribution in [1.82, 2.24) is 5.32 Å². The Labute approximate surface area is 107 Å². The van der Waals surface area contributed by atoms with Crippen molar-refractivity contribution in [3.8, 4) is 0 Å². The number of hydrogen-bond acceptors (Lipinski definition) is 4. The van der Waals surface area contributed by atoms with Crippen LogP contribution in [0.1, 0.15) is 19.4 Å². The van der Waals surface area contributed by atoms with E-state index in [1.165, 1.54) is 0 Å². The average molecular weight is 251 g/mol. The molecule has 0 heterocycles. The van der Waals surface area contributed by atoms with E-state index in [-0.39, 0.29) is 18.4 Å². The molecule has 1 aromatic rings. The molecule has 0 amide bonds. The molecule has 1 aromatic carbocycles. The van der Waals surface area contributed by atoms with Crippen molar-refractivity contribution in [1.29, 1.82) is 0 Å². The Kier molecular flexibility index (Phi) is 5.12. The van der Waals surface area contributed by atoms with Gasteiger partial charge < -0.3 is 21.4 Å². The molecule has 18 heavy (non-hydrogen) atoms. The lowest BCUT2D eigenvalue weighted by Crippen LogP contribution is -2.46. The van der Waals surface area contributed by atoms with E-state index in [9.17, 15) is 5.11 Å². The first-order valence-electron chi connectivity index (χ1n) is 5.92. The van der Waals surface area contributed by atoms with Crippen LogP contribution in [0.4, 0.5) is 0 Å². The third kappa shape index (κ3) is 3.45. The molecule has 0 fully saturated rings. The van der Waals surface area contributed by atoms with Gasteiger partial charge in [-0.2, -0.15) is 0 Å². The van der Waals surface area contributed by atoms with E-state index in [4.69, 9.17) is 10.9 Å². The summed E-state index contributed by atoms with van der Waals surface area (Å²) in [7, 11) is 0. The van der Waals surface area contributed by atoms with Crippen molar-refractivity contribution in [3.05, 3.63) is 35.9 Å². The van der Waals surface area contributed by atoms with Crippen molar-refractivity contribution >= 4 is 5.84 Å². The van der Waals surface area contributed by atoms with Gasteiger partial charge in [-0.15, -0.1) is 0 Å². The normalized spacial score (nSPS) is 17.2. The molecule has 0 aliphatic heterocycles. The molecule has 0 radical (unpaired) electrons. The highest BCUT2D eigenvalue weighted by Gasteiger charge is 2.25. The molecular formula is C13H21N3O2. The zero-order valence-corrected chi connectivity index (χ0v) is 10.8. The fraction of sp³-hybridized carbons (Fsp3) is 0.462. The van der Waals surface area contributed by atoms with E-state index in [1.807, 2.05) is 44.2 Å². The van der Waals surface area contributed by atoms with Gasteiger partial charge in [-0.05, 0) is 12.5 Å². The van der Waals surface area contributed by atoms with Crippen LogP contribution in [0.15, 0.2) is 35.5 Å². The molecule has 0 aliphatic carbocycles. The number of benzene rings is 1. The summed E-state index contributed by atoms with van der Waals surface area (Å²) in [5, 5.41) is 24.4. The summed E-state index contributed by atoms with van der Waals surface area (Å²) in [5.74, 6) is 0.0699. The van der Waals surface area contributed by atoms with Crippen LogP contribution in [0.2, 0.25) is 0 Å². The highest BCUT2D eigenvalue weighted by Crippen LogP contribution is 2.19. The predicted molar refractivity (Wildman–Crippen MR) is 71.5 cm³/mol. The van der Waals surface area contributed by atoms with Gasteiger partial charge in [0.2, 0.25) is 0 Å². The topological polar surface area (TPSA) is 90.9 Å². The van der Waals surface area contributed by atoms with Gasteiger partial charge in [0, 0.05) is 12.5 Å². The maximum absolute atomic E-state index is 9.57. The number of aliphatic hydroxyl groups is 1. The molecule has 2 atom stereocenters. The number of nitrogens with one attached hydrogen (secondary N) is 1. The van der Waals surface area contributed by atoms with Gasteiger partial charge in [0.25, 0.3) is 0 Å². The molecule has 5 N–H and O–H groups in total. The van der Waals surface area contributed by atoms with Crippen LogP contribution in [0.25, 0.3) is 0 Å². The second-order valence-electron chi connectivity index (χ2n) is 4.66. The van der Waals surface area contributed by atoms with Crippen LogP contribution in [-0.4, -0.2) is 29.3 Å². The number of nitrogens with zero attached hydrogens (tertiary/aromatic N) is 1. The lowest BCUT2D eigenvalue weighted by molar-refractivity contribution is 0.173. The van der Waals surface area contributed by atoms with Gasteiger partial charge in [-0.1, -0.05) is 42.4 Å². The first kappa shape index (κ1) is 14.5. The summed E-state index contributed by atoms with van der Waals surface area (Å²) in [5.41, 5.74) is 5.99. The number of rotatable bonds is 6. The lowest BCUT2D eigenvalue weighted by atomic mass is 9.92. The van der Waals surface area contributed by atoms with Crippen LogP contribution in [0.3, 0.4) is 0 Å². The Morgan fingerprint density at radius 1 is 1.44 bits per heavy atom. The Morgan fingerprint density at radius 2 is 2.06 bits per heavy atom. The van der Waals surface area contributed by atoms with Crippen LogP contribution in [-0.2, 0) is 5.54 Å². The Bertz CT molecular complexity index is 394. The van der Waals surface area contributed by atoms with Gasteiger partial charge in [-0.25, -0.2) is 0 Å². The third-order valence-corrected chi connectivity index (χ3v) is 3.15. The molecule has 0 saturated carbocycles. The first-order chi connectivity index (χ1) is 8.53. The SMILES string of the molecule is CC(CNC(C)(CO)c1ccccc1)/C(N)=N/O. The van der Waals surface area contributed by atoms with E-state index in [0.29, 0.717) is 6.54 Å². The average Bonchev–Trinajstić information content (AvgIpc) is 2.44. The second-order valence-corrected chi connectivity index (χ2v) is 4.66. The van der Waals surface area contributed by atoms with Crippen molar-refractivity contribution in [3.63, 3.8) is 0 Å². The summed E-state index contributed by atoms with van der Waals surface area (Å²) >= 11 is 0. The van der Waals surface area contributed by atoms with Gasteiger partial charge in [0.05, 0.1) is 12.1 Å². The summed E-state index contributed by atoms with van der Waals surface area (Å²) < 4.78 is 0. The number of oxime groups is 1. The van der Waals surface area contributed by atoms with E-state index in [0.717, 1.165) is 5.56 Å². The van der Waals surface area contributed by atoms with Gasteiger partial charge in [0.1, 0.15) is 5.84 Å². The Hall–Kier alpha value is -1.59. The van der Waals surface area contributed by atoms with Crippen molar-refractivity contribution in [2.75, 3.05) is 13.2 Å². The Morgan fingerprint density at radius 3 is 2.56 bits per heavy atom. The quantitative estimate of drug-likeness (QED) is 0.261. The zero-order valence-electron chi connectivity index (χ0n) is 10.8. The second kappa shape index (κ2) is 6.37. The molecule has 0 aliphatic rings. The number of aliphatic hydroxyl groups excluding tert-OH is 1. The first-order valence-corrected chi connectivity index (χ1v) is 5.92. The minimum Gasteiger partial charge on any atom is -0.409 e. The third-order valence-electron chi connectivity index (χ3n) is 3.15. The van der Waals surface area contributed by atoms with Gasteiger partial charge in [0.15, 0.2) is 0 Å². The molecule has 5 heteroatoms. The van der Waals surface area contributed by atoms with Crippen molar-refractivity contribution < 1.29 is 10.3 Å². The van der Waals surface area contributed by atoms with E-state index >= 15 is 0 Å². The summed E-state index contributed by atoms with van der Waals surface area (Å²) in [6.07, 6.45) is 0. The van der Waals surface area contributed by atoms with E-state index in [1.54, 1.807) is 0 Å². The minimum atomic E-state index is -0.536. The van der Waals surface area contributed by atoms with Gasteiger partial charge in [-0.3, -0.25) is 0 Å². The predicted octanol–water partition coefficient (Wildman–Crippen LogP) is 0.866. The molecule has 2 unspecified atom stereocenters. The van der Waals surface area contributed by atoms with Crippen LogP contribution >= 0.6 is 0 Å². The summed E-state index contributed by atoms with van der Waals surface area (Å²) in [4.78, 5) is 0. The molecule has 1 rings (SSSR count). The molecule has 5 nitrogen and oxygen atoms in total. The highest BCUT2D eigenvalue weighted by atomic mass is 16.4. The zero-order chi connectivity index (χ0) is 13.6. The molecule has 0 aromatic heterocycles. The lowest BCUT2D eigenvalue weighted by Gasteiger charge is -2.30. The molecular weight excluding hydrogens is 230 g/mol. The summed E-state index contributed by atoms with van der Waals surface area (Å²) in [6.45, 7) is 4.26. The van der Waals surface area contributed by atoms with Crippen molar-refractivity contribution in [2.24, 2.45) is 16.8 Å². The fourth-order valence-electron chi connectivity index (χ4n) is 1.64.